The third kappa shape index (κ3) is 3.54. The summed E-state index contributed by atoms with van der Waals surface area (Å²) < 4.78 is 10.7. The maximum atomic E-state index is 12.9. The number of piperazine rings is 1. The number of aryl methyl sites for hydroxylation is 1. The minimum absolute atomic E-state index is 0.0193. The lowest BCUT2D eigenvalue weighted by molar-refractivity contribution is 0.0746. The van der Waals surface area contributed by atoms with Crippen molar-refractivity contribution in [3.63, 3.8) is 0 Å². The van der Waals surface area contributed by atoms with E-state index in [1.54, 1.807) is 18.2 Å². The van der Waals surface area contributed by atoms with Gasteiger partial charge in [-0.1, -0.05) is 0 Å². The monoisotopic (exact) mass is 395 g/mol. The van der Waals surface area contributed by atoms with Crippen molar-refractivity contribution in [3.8, 4) is 11.5 Å². The van der Waals surface area contributed by atoms with Gasteiger partial charge in [-0.15, -0.1) is 0 Å². The van der Waals surface area contributed by atoms with Gasteiger partial charge in [0.25, 0.3) is 5.91 Å². The number of hydrogen-bond donors (Lipinski definition) is 0. The SMILES string of the molecule is Cc1cc(N2CCCC2)nc(N2CCN(C(=O)c3ccc4c(c3)OCO4)CC2)n1. The maximum absolute atomic E-state index is 12.9. The Labute approximate surface area is 170 Å². The number of nitrogens with zero attached hydrogens (tertiary/aromatic N) is 5. The molecule has 1 amide bonds. The van der Waals surface area contributed by atoms with Gasteiger partial charge in [-0.3, -0.25) is 4.79 Å². The molecule has 29 heavy (non-hydrogen) atoms. The second-order valence-electron chi connectivity index (χ2n) is 7.71. The Bertz CT molecular complexity index is 921. The molecule has 2 aromatic rings. The van der Waals surface area contributed by atoms with E-state index < -0.39 is 0 Å². The number of rotatable bonds is 3. The molecule has 0 atom stereocenters. The minimum atomic E-state index is 0.0193. The van der Waals surface area contributed by atoms with E-state index in [1.165, 1.54) is 12.8 Å². The largest absolute Gasteiger partial charge is 0.454 e. The highest BCUT2D eigenvalue weighted by Gasteiger charge is 2.26. The van der Waals surface area contributed by atoms with E-state index >= 15 is 0 Å². The second kappa shape index (κ2) is 7.42. The van der Waals surface area contributed by atoms with Crippen LogP contribution in [0, 0.1) is 6.92 Å². The molecule has 0 unspecified atom stereocenters. The van der Waals surface area contributed by atoms with Crippen molar-refractivity contribution in [3.05, 3.63) is 35.5 Å². The van der Waals surface area contributed by atoms with Crippen molar-refractivity contribution in [2.24, 2.45) is 0 Å². The average molecular weight is 395 g/mol. The molecule has 1 aromatic carbocycles. The van der Waals surface area contributed by atoms with Crippen LogP contribution in [0.2, 0.25) is 0 Å². The molecule has 3 aliphatic rings. The number of fused-ring (bicyclic) bond motifs is 1. The van der Waals surface area contributed by atoms with Crippen molar-refractivity contribution < 1.29 is 14.3 Å². The van der Waals surface area contributed by atoms with Crippen molar-refractivity contribution in [1.82, 2.24) is 14.9 Å². The van der Waals surface area contributed by atoms with E-state index in [0.717, 1.165) is 43.6 Å². The van der Waals surface area contributed by atoms with Crippen LogP contribution in [-0.4, -0.2) is 66.8 Å². The van der Waals surface area contributed by atoms with Crippen LogP contribution in [0.5, 0.6) is 11.5 Å². The number of carbonyl (C=O) groups excluding carboxylic acids is 1. The highest BCUT2D eigenvalue weighted by atomic mass is 16.7. The van der Waals surface area contributed by atoms with Gasteiger partial charge in [0.2, 0.25) is 12.7 Å². The highest BCUT2D eigenvalue weighted by Crippen LogP contribution is 2.33. The fraction of sp³-hybridized carbons (Fsp3) is 0.476. The molecule has 5 rings (SSSR count). The third-order valence-electron chi connectivity index (χ3n) is 5.73. The number of amides is 1. The van der Waals surface area contributed by atoms with E-state index in [2.05, 4.69) is 20.9 Å². The van der Waals surface area contributed by atoms with Crippen molar-refractivity contribution >= 4 is 17.7 Å². The minimum Gasteiger partial charge on any atom is -0.454 e. The predicted octanol–water partition coefficient (Wildman–Crippen LogP) is 2.08. The van der Waals surface area contributed by atoms with Crippen LogP contribution in [0.15, 0.2) is 24.3 Å². The quantitative estimate of drug-likeness (QED) is 0.788. The molecule has 4 heterocycles. The summed E-state index contributed by atoms with van der Waals surface area (Å²) in [6, 6.07) is 7.43. The van der Waals surface area contributed by atoms with E-state index in [4.69, 9.17) is 14.5 Å². The molecule has 3 aliphatic heterocycles. The van der Waals surface area contributed by atoms with Crippen LogP contribution in [0.4, 0.5) is 11.8 Å². The summed E-state index contributed by atoms with van der Waals surface area (Å²) in [7, 11) is 0. The Balaban J connectivity index is 1.26. The zero-order valence-corrected chi connectivity index (χ0v) is 16.6. The van der Waals surface area contributed by atoms with Gasteiger partial charge in [0.05, 0.1) is 0 Å². The Hall–Kier alpha value is -3.03. The molecule has 8 nitrogen and oxygen atoms in total. The molecular weight excluding hydrogens is 370 g/mol. The van der Waals surface area contributed by atoms with Gasteiger partial charge in [0.15, 0.2) is 11.5 Å². The molecular formula is C21H25N5O3. The first-order chi connectivity index (χ1) is 14.2. The Kier molecular flexibility index (Phi) is 4.61. The molecule has 152 valence electrons. The lowest BCUT2D eigenvalue weighted by Gasteiger charge is -2.35. The summed E-state index contributed by atoms with van der Waals surface area (Å²) in [5.41, 5.74) is 1.61. The van der Waals surface area contributed by atoms with Gasteiger partial charge < -0.3 is 24.2 Å². The molecule has 0 spiro atoms. The number of aromatic nitrogens is 2. The van der Waals surface area contributed by atoms with E-state index in [1.807, 2.05) is 11.8 Å². The van der Waals surface area contributed by atoms with Gasteiger partial charge in [-0.25, -0.2) is 4.98 Å². The first-order valence-electron chi connectivity index (χ1n) is 10.2. The first-order valence-corrected chi connectivity index (χ1v) is 10.2. The van der Waals surface area contributed by atoms with E-state index in [9.17, 15) is 4.79 Å². The van der Waals surface area contributed by atoms with Crippen LogP contribution in [0.1, 0.15) is 28.9 Å². The zero-order valence-electron chi connectivity index (χ0n) is 16.6. The molecule has 0 radical (unpaired) electrons. The summed E-state index contributed by atoms with van der Waals surface area (Å²) in [6.07, 6.45) is 2.44. The molecule has 0 saturated carbocycles. The third-order valence-corrected chi connectivity index (χ3v) is 5.73. The number of hydrogen-bond acceptors (Lipinski definition) is 7. The zero-order chi connectivity index (χ0) is 19.8. The molecule has 1 aromatic heterocycles. The standard InChI is InChI=1S/C21H25N5O3/c1-15-12-19(24-6-2-3-7-24)23-21(22-15)26-10-8-25(9-11-26)20(27)16-4-5-17-18(13-16)29-14-28-17/h4-5,12-13H,2-3,6-11,14H2,1H3. The van der Waals surface area contributed by atoms with Crippen molar-refractivity contribution in [2.75, 3.05) is 55.9 Å². The predicted molar refractivity (Wildman–Crippen MR) is 109 cm³/mol. The lowest BCUT2D eigenvalue weighted by atomic mass is 10.1. The topological polar surface area (TPSA) is 71.0 Å². The van der Waals surface area contributed by atoms with Gasteiger partial charge in [0.1, 0.15) is 5.82 Å². The summed E-state index contributed by atoms with van der Waals surface area (Å²) in [6.45, 7) is 7.08. The van der Waals surface area contributed by atoms with Gasteiger partial charge in [0, 0.05) is 56.6 Å². The molecule has 2 fully saturated rings. The Morgan fingerprint density at radius 1 is 0.897 bits per heavy atom. The molecule has 0 N–H and O–H groups in total. The number of carbonyl (C=O) groups is 1. The summed E-state index contributed by atoms with van der Waals surface area (Å²) in [5, 5.41) is 0. The fourth-order valence-electron chi connectivity index (χ4n) is 4.11. The normalized spacial score (nSPS) is 18.4. The van der Waals surface area contributed by atoms with E-state index in [-0.39, 0.29) is 12.7 Å². The van der Waals surface area contributed by atoms with Crippen molar-refractivity contribution in [1.29, 1.82) is 0 Å². The van der Waals surface area contributed by atoms with Gasteiger partial charge in [-0.2, -0.15) is 4.98 Å². The maximum Gasteiger partial charge on any atom is 0.254 e. The van der Waals surface area contributed by atoms with Crippen LogP contribution in [0.3, 0.4) is 0 Å². The second-order valence-corrected chi connectivity index (χ2v) is 7.71. The van der Waals surface area contributed by atoms with E-state index in [0.29, 0.717) is 30.2 Å². The first kappa shape index (κ1) is 18.0. The number of ether oxygens (including phenoxy) is 2. The average Bonchev–Trinajstić information content (AvgIpc) is 3.44. The summed E-state index contributed by atoms with van der Waals surface area (Å²) in [4.78, 5) is 28.7. The molecule has 2 saturated heterocycles. The van der Waals surface area contributed by atoms with Crippen LogP contribution in [-0.2, 0) is 0 Å². The van der Waals surface area contributed by atoms with Gasteiger partial charge >= 0.3 is 0 Å². The van der Waals surface area contributed by atoms with Crippen molar-refractivity contribution in [2.45, 2.75) is 19.8 Å². The Morgan fingerprint density at radius 3 is 2.45 bits per heavy atom. The lowest BCUT2D eigenvalue weighted by Crippen LogP contribution is -2.49. The summed E-state index contributed by atoms with van der Waals surface area (Å²) >= 11 is 0. The highest BCUT2D eigenvalue weighted by molar-refractivity contribution is 5.95. The molecule has 0 aliphatic carbocycles. The van der Waals surface area contributed by atoms with Gasteiger partial charge in [-0.05, 0) is 38.0 Å². The molecule has 0 bridgehead atoms. The van der Waals surface area contributed by atoms with Crippen LogP contribution in [0.25, 0.3) is 0 Å². The fourth-order valence-corrected chi connectivity index (χ4v) is 4.11. The smallest absolute Gasteiger partial charge is 0.254 e. The number of anilines is 2. The van der Waals surface area contributed by atoms with Crippen LogP contribution < -0.4 is 19.3 Å². The summed E-state index contributed by atoms with van der Waals surface area (Å²) in [5.74, 6) is 3.13. The Morgan fingerprint density at radius 2 is 1.66 bits per heavy atom. The number of benzene rings is 1. The van der Waals surface area contributed by atoms with Crippen LogP contribution >= 0.6 is 0 Å². The molecule has 8 heteroatoms.